The molecule has 0 aliphatic rings. The molecule has 114 valence electrons. The van der Waals surface area contributed by atoms with Crippen LogP contribution in [0.1, 0.15) is 33.6 Å². The number of rotatable bonds is 3. The Labute approximate surface area is 110 Å². The average Bonchev–Trinajstić information content (AvgIpc) is 2.17. The molecule has 9 heteroatoms. The Morgan fingerprint density at radius 2 is 1.37 bits per heavy atom. The van der Waals surface area contributed by atoms with Gasteiger partial charge in [-0.25, -0.2) is 4.79 Å². The van der Waals surface area contributed by atoms with Gasteiger partial charge < -0.3 is 25.5 Å². The van der Waals surface area contributed by atoms with Gasteiger partial charge in [-0.15, -0.1) is 0 Å². The van der Waals surface area contributed by atoms with Crippen LogP contribution >= 0.6 is 0 Å². The van der Waals surface area contributed by atoms with Gasteiger partial charge in [0.25, 0.3) is 12.4 Å². The van der Waals surface area contributed by atoms with Crippen molar-refractivity contribution in [3.63, 3.8) is 0 Å². The molecular formula is C10H20O9. The highest BCUT2D eigenvalue weighted by atomic mass is 16.4. The minimum absolute atomic E-state index is 0.250. The highest BCUT2D eigenvalue weighted by Crippen LogP contribution is 1.82. The van der Waals surface area contributed by atoms with Crippen molar-refractivity contribution in [1.82, 2.24) is 0 Å². The van der Waals surface area contributed by atoms with Gasteiger partial charge >= 0.3 is 11.9 Å². The summed E-state index contributed by atoms with van der Waals surface area (Å²) in [5, 5.41) is 38.0. The largest absolute Gasteiger partial charge is 0.483 e. The Balaban J connectivity index is -0.0000000821. The molecule has 0 saturated heterocycles. The van der Waals surface area contributed by atoms with Gasteiger partial charge in [0.15, 0.2) is 0 Å². The van der Waals surface area contributed by atoms with Gasteiger partial charge in [0.05, 0.1) is 0 Å². The number of carboxylic acids is 3. The van der Waals surface area contributed by atoms with E-state index in [1.807, 2.05) is 6.92 Å². The van der Waals surface area contributed by atoms with E-state index >= 15 is 0 Å². The van der Waals surface area contributed by atoms with Crippen LogP contribution in [0.3, 0.4) is 0 Å². The zero-order valence-corrected chi connectivity index (χ0v) is 10.9. The van der Waals surface area contributed by atoms with Gasteiger partial charge in [0.1, 0.15) is 6.10 Å². The van der Waals surface area contributed by atoms with E-state index in [9.17, 15) is 9.59 Å². The summed E-state index contributed by atoms with van der Waals surface area (Å²) in [5.41, 5.74) is 0. The van der Waals surface area contributed by atoms with Crippen molar-refractivity contribution in [2.45, 2.75) is 39.7 Å². The Morgan fingerprint density at radius 1 is 1.16 bits per heavy atom. The normalized spacial score (nSPS) is 8.84. The van der Waals surface area contributed by atoms with E-state index in [0.29, 0.717) is 6.42 Å². The number of aliphatic carboxylic acids is 3. The van der Waals surface area contributed by atoms with Crippen molar-refractivity contribution in [2.24, 2.45) is 0 Å². The molecule has 0 heterocycles. The van der Waals surface area contributed by atoms with Crippen molar-refractivity contribution in [3.8, 4) is 0 Å². The number of aliphatic hydroxyl groups excluding tert-OH is 1. The SMILES string of the molecule is CC(=O)O.CC(O)C(=O)O.CCCC(=O)O.O=CO. The first-order valence-corrected chi connectivity index (χ1v) is 4.96. The van der Waals surface area contributed by atoms with E-state index in [1.165, 1.54) is 6.92 Å². The van der Waals surface area contributed by atoms with Crippen molar-refractivity contribution in [1.29, 1.82) is 0 Å². The maximum absolute atomic E-state index is 9.60. The second kappa shape index (κ2) is 21.2. The summed E-state index contributed by atoms with van der Waals surface area (Å²) in [5.74, 6) is -2.73. The van der Waals surface area contributed by atoms with E-state index < -0.39 is 24.0 Å². The lowest BCUT2D eigenvalue weighted by atomic mass is 10.4. The minimum atomic E-state index is -1.23. The van der Waals surface area contributed by atoms with Crippen LogP contribution in [0.2, 0.25) is 0 Å². The van der Waals surface area contributed by atoms with Crippen LogP contribution in [-0.4, -0.2) is 56.0 Å². The Morgan fingerprint density at radius 3 is 1.37 bits per heavy atom. The molecule has 1 atom stereocenters. The summed E-state index contributed by atoms with van der Waals surface area (Å²) < 4.78 is 0. The molecule has 19 heavy (non-hydrogen) atoms. The molecule has 0 bridgehead atoms. The zero-order valence-electron chi connectivity index (χ0n) is 10.9. The first-order chi connectivity index (χ1) is 8.56. The predicted octanol–water partition coefficient (Wildman–Crippen LogP) is 0.115. The first kappa shape index (κ1) is 25.6. The van der Waals surface area contributed by atoms with E-state index in [2.05, 4.69) is 0 Å². The van der Waals surface area contributed by atoms with Crippen LogP contribution in [0.25, 0.3) is 0 Å². The van der Waals surface area contributed by atoms with Crippen molar-refractivity contribution < 1.29 is 44.7 Å². The van der Waals surface area contributed by atoms with Crippen LogP contribution in [0.5, 0.6) is 0 Å². The predicted molar refractivity (Wildman–Crippen MR) is 63.9 cm³/mol. The minimum Gasteiger partial charge on any atom is -0.483 e. The fourth-order valence-electron chi connectivity index (χ4n) is 0.214. The summed E-state index contributed by atoms with van der Waals surface area (Å²) in [6.45, 7) is 3.87. The van der Waals surface area contributed by atoms with Gasteiger partial charge in [0.2, 0.25) is 0 Å². The number of hydrogen-bond donors (Lipinski definition) is 5. The number of hydrogen-bond acceptors (Lipinski definition) is 5. The van der Waals surface area contributed by atoms with E-state index in [1.54, 1.807) is 0 Å². The Hall–Kier alpha value is -2.16. The van der Waals surface area contributed by atoms with Crippen LogP contribution in [0, 0.1) is 0 Å². The van der Waals surface area contributed by atoms with E-state index in [4.69, 9.17) is 35.1 Å². The summed E-state index contributed by atoms with van der Waals surface area (Å²) in [7, 11) is 0. The second-order valence-corrected chi connectivity index (χ2v) is 2.78. The quantitative estimate of drug-likeness (QED) is 0.451. The van der Waals surface area contributed by atoms with Crippen LogP contribution in [-0.2, 0) is 19.2 Å². The summed E-state index contributed by atoms with van der Waals surface area (Å²) in [6, 6.07) is 0. The molecule has 9 nitrogen and oxygen atoms in total. The topological polar surface area (TPSA) is 169 Å². The van der Waals surface area contributed by atoms with Crippen LogP contribution < -0.4 is 0 Å². The average molecular weight is 284 g/mol. The smallest absolute Gasteiger partial charge is 0.332 e. The number of carboxylic acid groups (broad SMARTS) is 4. The van der Waals surface area contributed by atoms with Crippen molar-refractivity contribution in [3.05, 3.63) is 0 Å². The molecule has 0 aliphatic heterocycles. The number of aliphatic hydroxyl groups is 1. The standard InChI is InChI=1S/C4H8O2.C3H6O3.C2H4O2.CH2O2/c1-2-3-4(5)6;1-2(4)3(5)6;1-2(3)4;2-1-3/h2-3H2,1H3,(H,5,6);2,4H,1H3,(H,5,6);1H3,(H,3,4);1H,(H,2,3). The molecule has 0 aliphatic carbocycles. The molecule has 0 aromatic rings. The molecule has 0 aromatic heterocycles. The third-order valence-corrected chi connectivity index (χ3v) is 0.821. The van der Waals surface area contributed by atoms with Crippen LogP contribution in [0.15, 0.2) is 0 Å². The summed E-state index contributed by atoms with van der Waals surface area (Å²) in [6.07, 6.45) is -0.208. The third kappa shape index (κ3) is 130. The van der Waals surface area contributed by atoms with E-state index in [0.717, 1.165) is 13.3 Å². The van der Waals surface area contributed by atoms with E-state index in [-0.39, 0.29) is 6.47 Å². The fourth-order valence-corrected chi connectivity index (χ4v) is 0.214. The number of carbonyl (C=O) groups is 4. The highest BCUT2D eigenvalue weighted by molar-refractivity contribution is 5.71. The lowest BCUT2D eigenvalue weighted by Gasteiger charge is -1.89. The molecule has 0 fully saturated rings. The maximum atomic E-state index is 9.60. The lowest BCUT2D eigenvalue weighted by molar-refractivity contribution is -0.145. The molecule has 0 radical (unpaired) electrons. The second-order valence-electron chi connectivity index (χ2n) is 2.78. The van der Waals surface area contributed by atoms with Gasteiger partial charge in [0, 0.05) is 13.3 Å². The molecule has 0 amide bonds. The molecule has 1 unspecified atom stereocenters. The molecule has 5 N–H and O–H groups in total. The fraction of sp³-hybridized carbons (Fsp3) is 0.600. The van der Waals surface area contributed by atoms with Gasteiger partial charge in [-0.3, -0.25) is 14.4 Å². The maximum Gasteiger partial charge on any atom is 0.332 e. The molecule has 0 aromatic carbocycles. The lowest BCUT2D eigenvalue weighted by Crippen LogP contribution is -2.13. The van der Waals surface area contributed by atoms with Crippen LogP contribution in [0.4, 0.5) is 0 Å². The molecule has 0 rings (SSSR count). The Kier molecular flexibility index (Phi) is 28.5. The van der Waals surface area contributed by atoms with Gasteiger partial charge in [-0.1, -0.05) is 6.92 Å². The Bertz CT molecular complexity index is 243. The third-order valence-electron chi connectivity index (χ3n) is 0.821. The first-order valence-electron chi connectivity index (χ1n) is 4.96. The monoisotopic (exact) mass is 284 g/mol. The van der Waals surface area contributed by atoms with Gasteiger partial charge in [-0.2, -0.15) is 0 Å². The molecule has 0 spiro atoms. The van der Waals surface area contributed by atoms with Crippen molar-refractivity contribution >= 4 is 24.4 Å². The van der Waals surface area contributed by atoms with Crippen molar-refractivity contribution in [2.75, 3.05) is 0 Å². The summed E-state index contributed by atoms with van der Waals surface area (Å²) in [4.78, 5) is 36.4. The summed E-state index contributed by atoms with van der Waals surface area (Å²) >= 11 is 0. The molecule has 0 saturated carbocycles. The molecular weight excluding hydrogens is 264 g/mol. The van der Waals surface area contributed by atoms with Gasteiger partial charge in [-0.05, 0) is 13.3 Å². The highest BCUT2D eigenvalue weighted by Gasteiger charge is 2.01. The zero-order chi connectivity index (χ0) is 16.4.